The minimum atomic E-state index is -0.223. The topological polar surface area (TPSA) is 52.6 Å². The van der Waals surface area contributed by atoms with E-state index in [-0.39, 0.29) is 36.0 Å². The van der Waals surface area contributed by atoms with Crippen LogP contribution in [0.5, 0.6) is 0 Å². The van der Waals surface area contributed by atoms with Crippen molar-refractivity contribution in [3.63, 3.8) is 0 Å². The van der Waals surface area contributed by atoms with Crippen molar-refractivity contribution in [3.05, 3.63) is 12.2 Å². The Bertz CT molecular complexity index is 327. The van der Waals surface area contributed by atoms with Gasteiger partial charge in [0, 0.05) is 25.7 Å². The summed E-state index contributed by atoms with van der Waals surface area (Å²) in [5.41, 5.74) is 0. The van der Waals surface area contributed by atoms with Gasteiger partial charge in [-0.05, 0) is 25.7 Å². The van der Waals surface area contributed by atoms with E-state index < -0.39 is 0 Å². The first-order chi connectivity index (χ1) is 8.58. The Morgan fingerprint density at radius 3 is 1.61 bits per heavy atom. The maximum Gasteiger partial charge on any atom is 0.302 e. The van der Waals surface area contributed by atoms with Crippen LogP contribution in [-0.2, 0) is 19.1 Å². The molecule has 0 heterocycles. The van der Waals surface area contributed by atoms with Gasteiger partial charge in [0.15, 0.2) is 0 Å². The zero-order valence-corrected chi connectivity index (χ0v) is 10.9. The molecule has 0 spiro atoms. The Labute approximate surface area is 107 Å². The third-order valence-corrected chi connectivity index (χ3v) is 3.86. The molecule has 100 valence electrons. The number of esters is 2. The molecule has 0 saturated heterocycles. The summed E-state index contributed by atoms with van der Waals surface area (Å²) >= 11 is 0. The van der Waals surface area contributed by atoms with Gasteiger partial charge in [0.2, 0.25) is 0 Å². The standard InChI is InChI=1S/C14H20O4/c1-9(15)17-13-7-8-14(18-10(2)16)12-6-4-3-5-11(12)13/h3-4,11-14H,5-8H2,1-2H3/t11-,12+,13+,14-. The fraction of sp³-hybridized carbons (Fsp3) is 0.714. The molecule has 0 radical (unpaired) electrons. The van der Waals surface area contributed by atoms with Crippen LogP contribution in [-0.4, -0.2) is 24.1 Å². The number of fused-ring (bicyclic) bond motifs is 1. The molecule has 4 heteroatoms. The van der Waals surface area contributed by atoms with Crippen molar-refractivity contribution in [1.82, 2.24) is 0 Å². The molecule has 2 rings (SSSR count). The summed E-state index contributed by atoms with van der Waals surface area (Å²) in [5, 5.41) is 0. The van der Waals surface area contributed by atoms with Crippen LogP contribution in [0.15, 0.2) is 12.2 Å². The maximum atomic E-state index is 11.1. The Hall–Kier alpha value is -1.32. The van der Waals surface area contributed by atoms with Crippen molar-refractivity contribution in [3.8, 4) is 0 Å². The van der Waals surface area contributed by atoms with Crippen LogP contribution in [0.4, 0.5) is 0 Å². The van der Waals surface area contributed by atoms with Crippen molar-refractivity contribution < 1.29 is 19.1 Å². The number of carbonyl (C=O) groups is 2. The van der Waals surface area contributed by atoms with Crippen LogP contribution in [0.1, 0.15) is 39.5 Å². The third-order valence-electron chi connectivity index (χ3n) is 3.86. The van der Waals surface area contributed by atoms with Crippen molar-refractivity contribution in [2.75, 3.05) is 0 Å². The van der Waals surface area contributed by atoms with Crippen molar-refractivity contribution >= 4 is 11.9 Å². The van der Waals surface area contributed by atoms with Crippen LogP contribution in [0.25, 0.3) is 0 Å². The largest absolute Gasteiger partial charge is 0.462 e. The number of rotatable bonds is 2. The van der Waals surface area contributed by atoms with Crippen LogP contribution in [0.2, 0.25) is 0 Å². The van der Waals surface area contributed by atoms with Crippen molar-refractivity contribution in [1.29, 1.82) is 0 Å². The van der Waals surface area contributed by atoms with Crippen LogP contribution >= 0.6 is 0 Å². The number of hydrogen-bond donors (Lipinski definition) is 0. The Morgan fingerprint density at radius 2 is 1.28 bits per heavy atom. The fourth-order valence-corrected chi connectivity index (χ4v) is 3.19. The molecule has 2 aliphatic rings. The Kier molecular flexibility index (Phi) is 4.04. The summed E-state index contributed by atoms with van der Waals surface area (Å²) in [6.07, 6.45) is 7.59. The molecule has 0 aromatic rings. The summed E-state index contributed by atoms with van der Waals surface area (Å²) in [4.78, 5) is 22.2. The van der Waals surface area contributed by atoms with E-state index in [1.807, 2.05) is 0 Å². The molecule has 0 aromatic carbocycles. The molecule has 4 atom stereocenters. The smallest absolute Gasteiger partial charge is 0.302 e. The van der Waals surface area contributed by atoms with Gasteiger partial charge >= 0.3 is 11.9 Å². The summed E-state index contributed by atoms with van der Waals surface area (Å²) in [7, 11) is 0. The number of carbonyl (C=O) groups excluding carboxylic acids is 2. The summed E-state index contributed by atoms with van der Waals surface area (Å²) in [6.45, 7) is 2.90. The number of ether oxygens (including phenoxy) is 2. The van der Waals surface area contributed by atoms with Gasteiger partial charge in [-0.1, -0.05) is 12.2 Å². The first-order valence-electron chi connectivity index (χ1n) is 6.57. The van der Waals surface area contributed by atoms with E-state index in [9.17, 15) is 9.59 Å². The minimum absolute atomic E-state index is 0.0238. The molecule has 0 unspecified atom stereocenters. The molecule has 0 N–H and O–H groups in total. The quantitative estimate of drug-likeness (QED) is 0.558. The van der Waals surface area contributed by atoms with Gasteiger partial charge in [-0.25, -0.2) is 0 Å². The lowest BCUT2D eigenvalue weighted by atomic mass is 9.70. The second-order valence-electron chi connectivity index (χ2n) is 5.14. The van der Waals surface area contributed by atoms with E-state index in [2.05, 4.69) is 12.2 Å². The molecule has 18 heavy (non-hydrogen) atoms. The van der Waals surface area contributed by atoms with Crippen LogP contribution < -0.4 is 0 Å². The average Bonchev–Trinajstić information content (AvgIpc) is 2.31. The number of allylic oxidation sites excluding steroid dienone is 2. The molecule has 0 bridgehead atoms. The molecule has 0 aromatic heterocycles. The zero-order chi connectivity index (χ0) is 13.1. The lowest BCUT2D eigenvalue weighted by molar-refractivity contribution is -0.166. The molecule has 1 saturated carbocycles. The highest BCUT2D eigenvalue weighted by Gasteiger charge is 2.42. The van der Waals surface area contributed by atoms with Gasteiger partial charge in [-0.2, -0.15) is 0 Å². The van der Waals surface area contributed by atoms with E-state index in [0.29, 0.717) is 0 Å². The molecular formula is C14H20O4. The maximum absolute atomic E-state index is 11.1. The molecule has 0 amide bonds. The van der Waals surface area contributed by atoms with Gasteiger partial charge in [0.25, 0.3) is 0 Å². The predicted octanol–water partition coefficient (Wildman–Crippen LogP) is 2.23. The molecule has 0 aliphatic heterocycles. The fourth-order valence-electron chi connectivity index (χ4n) is 3.19. The number of hydrogen-bond acceptors (Lipinski definition) is 4. The normalized spacial score (nSPS) is 34.6. The molecule has 2 aliphatic carbocycles. The molecule has 4 nitrogen and oxygen atoms in total. The molecular weight excluding hydrogens is 232 g/mol. The lowest BCUT2D eigenvalue weighted by Gasteiger charge is -2.42. The SMILES string of the molecule is CC(=O)O[C@H]1CC[C@@H](OC(C)=O)[C@H]2CC=CC[C@H]21. The molecule has 1 fully saturated rings. The Balaban J connectivity index is 2.08. The van der Waals surface area contributed by atoms with E-state index in [4.69, 9.17) is 9.47 Å². The van der Waals surface area contributed by atoms with E-state index in [1.165, 1.54) is 13.8 Å². The van der Waals surface area contributed by atoms with E-state index in [1.54, 1.807) is 0 Å². The van der Waals surface area contributed by atoms with Gasteiger partial charge in [0.05, 0.1) is 0 Å². The van der Waals surface area contributed by atoms with E-state index in [0.717, 1.165) is 25.7 Å². The second kappa shape index (κ2) is 5.55. The van der Waals surface area contributed by atoms with Gasteiger partial charge < -0.3 is 9.47 Å². The monoisotopic (exact) mass is 252 g/mol. The zero-order valence-electron chi connectivity index (χ0n) is 10.9. The lowest BCUT2D eigenvalue weighted by Crippen LogP contribution is -2.45. The summed E-state index contributed by atoms with van der Waals surface area (Å²) in [5.74, 6) is 0.132. The van der Waals surface area contributed by atoms with E-state index >= 15 is 0 Å². The second-order valence-corrected chi connectivity index (χ2v) is 5.14. The Morgan fingerprint density at radius 1 is 0.889 bits per heavy atom. The van der Waals surface area contributed by atoms with Crippen LogP contribution in [0, 0.1) is 11.8 Å². The summed E-state index contributed by atoms with van der Waals surface area (Å²) in [6, 6.07) is 0. The van der Waals surface area contributed by atoms with Gasteiger partial charge in [-0.3, -0.25) is 9.59 Å². The predicted molar refractivity (Wildman–Crippen MR) is 65.7 cm³/mol. The first-order valence-corrected chi connectivity index (χ1v) is 6.57. The van der Waals surface area contributed by atoms with Crippen molar-refractivity contribution in [2.24, 2.45) is 11.8 Å². The average molecular weight is 252 g/mol. The minimum Gasteiger partial charge on any atom is -0.462 e. The van der Waals surface area contributed by atoms with Gasteiger partial charge in [-0.15, -0.1) is 0 Å². The first kappa shape index (κ1) is 13.1. The highest BCUT2D eigenvalue weighted by atomic mass is 16.6. The summed E-state index contributed by atoms with van der Waals surface area (Å²) < 4.78 is 10.8. The highest BCUT2D eigenvalue weighted by Crippen LogP contribution is 2.41. The highest BCUT2D eigenvalue weighted by molar-refractivity contribution is 5.66. The van der Waals surface area contributed by atoms with Crippen LogP contribution in [0.3, 0.4) is 0 Å². The van der Waals surface area contributed by atoms with Crippen molar-refractivity contribution in [2.45, 2.75) is 51.7 Å². The third kappa shape index (κ3) is 2.92. The van der Waals surface area contributed by atoms with Gasteiger partial charge in [0.1, 0.15) is 12.2 Å².